The standard InChI is InChI=1S/C31H54O/c1-20-12-16-29(7)23(26(20,2)3)14-17-31(9)24(29)11-10-22-25-21(27(4,5)32)13-15-28(25,6)18-19-30(22,31)8/h20-25,32H,10-19H2,1-9H3/t20-,21+,22?,23?,24?,25?,28+,29-,30+,31+/m0/s1. The lowest BCUT2D eigenvalue weighted by Crippen LogP contribution is -2.66. The van der Waals surface area contributed by atoms with E-state index in [0.29, 0.717) is 38.9 Å². The molecule has 0 aromatic heterocycles. The van der Waals surface area contributed by atoms with E-state index in [1.807, 2.05) is 0 Å². The smallest absolute Gasteiger partial charge is 0.0622 e. The minimum Gasteiger partial charge on any atom is -0.390 e. The minimum atomic E-state index is -0.536. The topological polar surface area (TPSA) is 20.2 Å². The van der Waals surface area contributed by atoms with Crippen LogP contribution < -0.4 is 0 Å². The third-order valence-electron chi connectivity index (χ3n) is 14.3. The number of hydrogen-bond donors (Lipinski definition) is 1. The molecule has 0 radical (unpaired) electrons. The summed E-state index contributed by atoms with van der Waals surface area (Å²) in [5.41, 5.74) is 1.83. The Morgan fingerprint density at radius 1 is 0.688 bits per heavy atom. The zero-order valence-corrected chi connectivity index (χ0v) is 23.0. The maximum Gasteiger partial charge on any atom is 0.0622 e. The first kappa shape index (κ1) is 23.7. The highest BCUT2D eigenvalue weighted by Crippen LogP contribution is 2.77. The van der Waals surface area contributed by atoms with Gasteiger partial charge in [-0.25, -0.2) is 0 Å². The van der Waals surface area contributed by atoms with Crippen molar-refractivity contribution in [3.05, 3.63) is 0 Å². The van der Waals surface area contributed by atoms with E-state index in [9.17, 15) is 5.11 Å². The molecule has 5 aliphatic rings. The molecule has 0 spiro atoms. The summed E-state index contributed by atoms with van der Waals surface area (Å²) in [6.07, 6.45) is 14.0. The summed E-state index contributed by atoms with van der Waals surface area (Å²) in [6.45, 7) is 22.8. The van der Waals surface area contributed by atoms with Gasteiger partial charge in [-0.15, -0.1) is 0 Å². The third kappa shape index (κ3) is 2.79. The molecule has 10 atom stereocenters. The molecule has 0 heterocycles. The molecule has 5 aliphatic carbocycles. The van der Waals surface area contributed by atoms with Gasteiger partial charge < -0.3 is 5.11 Å². The Balaban J connectivity index is 1.54. The van der Waals surface area contributed by atoms with Crippen LogP contribution in [-0.2, 0) is 0 Å². The van der Waals surface area contributed by atoms with Crippen LogP contribution in [0.2, 0.25) is 0 Å². The van der Waals surface area contributed by atoms with Gasteiger partial charge in [0, 0.05) is 0 Å². The van der Waals surface area contributed by atoms with Gasteiger partial charge in [0.15, 0.2) is 0 Å². The monoisotopic (exact) mass is 442 g/mol. The molecule has 1 nitrogen and oxygen atoms in total. The van der Waals surface area contributed by atoms with Gasteiger partial charge in [-0.05, 0) is 141 Å². The Hall–Kier alpha value is -0.0400. The van der Waals surface area contributed by atoms with E-state index in [4.69, 9.17) is 0 Å². The Morgan fingerprint density at radius 2 is 1.38 bits per heavy atom. The predicted molar refractivity (Wildman–Crippen MR) is 135 cm³/mol. The highest BCUT2D eigenvalue weighted by atomic mass is 16.3. The van der Waals surface area contributed by atoms with Crippen LogP contribution in [0.5, 0.6) is 0 Å². The molecule has 5 rings (SSSR count). The molecule has 32 heavy (non-hydrogen) atoms. The molecule has 0 bridgehead atoms. The van der Waals surface area contributed by atoms with Crippen LogP contribution in [0.3, 0.4) is 0 Å². The van der Waals surface area contributed by atoms with Crippen molar-refractivity contribution in [1.29, 1.82) is 0 Å². The lowest BCUT2D eigenvalue weighted by Gasteiger charge is -2.73. The van der Waals surface area contributed by atoms with Crippen molar-refractivity contribution in [3.63, 3.8) is 0 Å². The molecular weight excluding hydrogens is 388 g/mol. The van der Waals surface area contributed by atoms with Crippen molar-refractivity contribution in [2.24, 2.45) is 62.6 Å². The van der Waals surface area contributed by atoms with Crippen LogP contribution in [0.1, 0.15) is 127 Å². The van der Waals surface area contributed by atoms with Crippen molar-refractivity contribution in [3.8, 4) is 0 Å². The molecule has 184 valence electrons. The molecular formula is C31H54O. The normalized spacial score (nSPS) is 57.2. The Kier molecular flexibility index (Phi) is 5.03. The average molecular weight is 443 g/mol. The SMILES string of the molecule is C[C@H]1CC[C@@]2(C)C(CC[C@]3(C)C2CCC2C4[C@H](C(C)(C)O)CC[C@]4(C)CC[C@]23C)C1(C)C. The number of rotatable bonds is 1. The highest BCUT2D eigenvalue weighted by molar-refractivity contribution is 5.19. The Bertz CT molecular complexity index is 761. The first-order chi connectivity index (χ1) is 14.6. The summed E-state index contributed by atoms with van der Waals surface area (Å²) in [5.74, 6) is 4.64. The predicted octanol–water partition coefficient (Wildman–Crippen LogP) is 8.49. The molecule has 0 aliphatic heterocycles. The molecule has 5 saturated carbocycles. The maximum absolute atomic E-state index is 11.2. The van der Waals surface area contributed by atoms with Gasteiger partial charge in [0.05, 0.1) is 5.60 Å². The Morgan fingerprint density at radius 3 is 2.03 bits per heavy atom. The van der Waals surface area contributed by atoms with E-state index in [1.54, 1.807) is 0 Å². The summed E-state index contributed by atoms with van der Waals surface area (Å²) in [6, 6.07) is 0. The Labute approximate surface area is 199 Å². The second-order valence-electron chi connectivity index (χ2n) is 15.9. The summed E-state index contributed by atoms with van der Waals surface area (Å²) in [4.78, 5) is 0. The third-order valence-corrected chi connectivity index (χ3v) is 14.3. The van der Waals surface area contributed by atoms with Crippen molar-refractivity contribution >= 4 is 0 Å². The summed E-state index contributed by atoms with van der Waals surface area (Å²) in [5, 5.41) is 11.2. The molecule has 1 heteroatoms. The van der Waals surface area contributed by atoms with Gasteiger partial charge in [0.2, 0.25) is 0 Å². The second-order valence-corrected chi connectivity index (χ2v) is 15.9. The van der Waals surface area contributed by atoms with Crippen LogP contribution in [0.25, 0.3) is 0 Å². The second kappa shape index (κ2) is 6.79. The molecule has 4 unspecified atom stereocenters. The van der Waals surface area contributed by atoms with Gasteiger partial charge in [-0.3, -0.25) is 0 Å². The van der Waals surface area contributed by atoms with E-state index in [1.165, 1.54) is 64.2 Å². The van der Waals surface area contributed by atoms with Gasteiger partial charge >= 0.3 is 0 Å². The van der Waals surface area contributed by atoms with Gasteiger partial charge in [-0.1, -0.05) is 48.5 Å². The number of aliphatic hydroxyl groups is 1. The fourth-order valence-corrected chi connectivity index (χ4v) is 11.9. The van der Waals surface area contributed by atoms with Crippen LogP contribution in [-0.4, -0.2) is 10.7 Å². The average Bonchev–Trinajstić information content (AvgIpc) is 3.04. The molecule has 0 aromatic carbocycles. The lowest BCUT2D eigenvalue weighted by molar-refractivity contribution is -0.245. The first-order valence-corrected chi connectivity index (χ1v) is 14.3. The van der Waals surface area contributed by atoms with E-state index in [-0.39, 0.29) is 0 Å². The summed E-state index contributed by atoms with van der Waals surface area (Å²) >= 11 is 0. The first-order valence-electron chi connectivity index (χ1n) is 14.3. The van der Waals surface area contributed by atoms with Crippen LogP contribution in [0.15, 0.2) is 0 Å². The van der Waals surface area contributed by atoms with Gasteiger partial charge in [-0.2, -0.15) is 0 Å². The highest BCUT2D eigenvalue weighted by Gasteiger charge is 2.70. The molecule has 0 amide bonds. The van der Waals surface area contributed by atoms with Crippen LogP contribution in [0, 0.1) is 62.6 Å². The largest absolute Gasteiger partial charge is 0.390 e. The fourth-order valence-electron chi connectivity index (χ4n) is 11.9. The van der Waals surface area contributed by atoms with Gasteiger partial charge in [0.1, 0.15) is 0 Å². The number of hydrogen-bond acceptors (Lipinski definition) is 1. The van der Waals surface area contributed by atoms with Crippen molar-refractivity contribution < 1.29 is 5.11 Å². The molecule has 5 fully saturated rings. The molecule has 0 saturated heterocycles. The van der Waals surface area contributed by atoms with E-state index in [2.05, 4.69) is 62.3 Å². The van der Waals surface area contributed by atoms with Crippen LogP contribution >= 0.6 is 0 Å². The molecule has 1 N–H and O–H groups in total. The van der Waals surface area contributed by atoms with E-state index >= 15 is 0 Å². The van der Waals surface area contributed by atoms with E-state index in [0.717, 1.165) is 23.7 Å². The van der Waals surface area contributed by atoms with Crippen molar-refractivity contribution in [1.82, 2.24) is 0 Å². The van der Waals surface area contributed by atoms with Crippen molar-refractivity contribution in [2.75, 3.05) is 0 Å². The summed E-state index contributed by atoms with van der Waals surface area (Å²) in [7, 11) is 0. The van der Waals surface area contributed by atoms with E-state index < -0.39 is 5.60 Å². The zero-order chi connectivity index (χ0) is 23.5. The van der Waals surface area contributed by atoms with Gasteiger partial charge in [0.25, 0.3) is 0 Å². The molecule has 0 aromatic rings. The quantitative estimate of drug-likeness (QED) is 0.431. The minimum absolute atomic E-state index is 0.440. The maximum atomic E-state index is 11.2. The summed E-state index contributed by atoms with van der Waals surface area (Å²) < 4.78 is 0. The van der Waals surface area contributed by atoms with Crippen molar-refractivity contribution in [2.45, 2.75) is 132 Å². The number of fused-ring (bicyclic) bond motifs is 7. The fraction of sp³-hybridized carbons (Fsp3) is 1.00. The zero-order valence-electron chi connectivity index (χ0n) is 23.0. The van der Waals surface area contributed by atoms with Crippen LogP contribution in [0.4, 0.5) is 0 Å². The lowest BCUT2D eigenvalue weighted by atomic mass is 9.32.